The molecule has 0 aromatic heterocycles. The molecule has 41 heavy (non-hydrogen) atoms. The van der Waals surface area contributed by atoms with Gasteiger partial charge in [0.25, 0.3) is 5.91 Å². The average Bonchev–Trinajstić information content (AvgIpc) is 3.55. The number of halogens is 2. The minimum Gasteiger partial charge on any atom is -0.466 e. The van der Waals surface area contributed by atoms with E-state index in [4.69, 9.17) is 21.1 Å². The van der Waals surface area contributed by atoms with Gasteiger partial charge < -0.3 is 24.4 Å². The molecule has 10 heteroatoms. The number of rotatable bonds is 10. The molecule has 8 nitrogen and oxygen atoms in total. The third kappa shape index (κ3) is 4.90. The van der Waals surface area contributed by atoms with Crippen LogP contribution in [0.1, 0.15) is 24.5 Å². The zero-order chi connectivity index (χ0) is 29.5. The molecule has 3 saturated heterocycles. The summed E-state index contributed by atoms with van der Waals surface area (Å²) in [4.78, 5) is 45.3. The Morgan fingerprint density at radius 2 is 2.02 bits per heavy atom. The minimum atomic E-state index is -1.30. The van der Waals surface area contributed by atoms with Crippen LogP contribution in [-0.2, 0) is 30.3 Å². The molecule has 218 valence electrons. The highest BCUT2D eigenvalue weighted by Crippen LogP contribution is 2.61. The van der Waals surface area contributed by atoms with Crippen molar-refractivity contribution in [2.24, 2.45) is 11.8 Å². The molecule has 3 heterocycles. The molecule has 2 bridgehead atoms. The summed E-state index contributed by atoms with van der Waals surface area (Å²) in [7, 11) is 0. The highest BCUT2D eigenvalue weighted by Gasteiger charge is 2.77. The van der Waals surface area contributed by atoms with Crippen LogP contribution in [0.5, 0.6) is 0 Å². The van der Waals surface area contributed by atoms with E-state index >= 15 is 0 Å². The molecule has 2 amide bonds. The number of esters is 1. The van der Waals surface area contributed by atoms with E-state index in [1.807, 2.05) is 43.3 Å². The molecule has 5 rings (SSSR count). The maximum Gasteiger partial charge on any atom is 0.312 e. The molecule has 3 aliphatic rings. The first-order valence-corrected chi connectivity index (χ1v) is 15.1. The molecule has 3 aliphatic heterocycles. The molecular weight excluding hydrogens is 612 g/mol. The number of carbonyl (C=O) groups excluding carboxylic acids is 3. The number of nitrogens with zero attached hydrogens (tertiary/aromatic N) is 2. The number of aliphatic hydroxyl groups excluding tert-OH is 1. The summed E-state index contributed by atoms with van der Waals surface area (Å²) in [5, 5.41) is 11.0. The van der Waals surface area contributed by atoms with E-state index in [0.29, 0.717) is 23.6 Å². The second-order valence-electron chi connectivity index (χ2n) is 10.8. The number of amides is 2. The van der Waals surface area contributed by atoms with Gasteiger partial charge in [-0.25, -0.2) is 0 Å². The minimum absolute atomic E-state index is 0.133. The zero-order valence-corrected chi connectivity index (χ0v) is 25.4. The summed E-state index contributed by atoms with van der Waals surface area (Å²) in [6.07, 6.45) is 1.63. The van der Waals surface area contributed by atoms with Crippen molar-refractivity contribution in [2.45, 2.75) is 55.3 Å². The Morgan fingerprint density at radius 3 is 2.66 bits per heavy atom. The fourth-order valence-electron chi connectivity index (χ4n) is 6.92. The zero-order valence-electron chi connectivity index (χ0n) is 23.0. The van der Waals surface area contributed by atoms with Crippen LogP contribution in [-0.4, -0.2) is 76.2 Å². The number of hydrogen-bond acceptors (Lipinski definition) is 6. The van der Waals surface area contributed by atoms with Crippen LogP contribution < -0.4 is 4.90 Å². The van der Waals surface area contributed by atoms with Crippen LogP contribution in [0, 0.1) is 18.8 Å². The van der Waals surface area contributed by atoms with Gasteiger partial charge in [0.05, 0.1) is 47.9 Å². The fourth-order valence-corrected chi connectivity index (χ4v) is 8.18. The molecule has 0 radical (unpaired) electrons. The number of fused-ring (bicyclic) bond motifs is 1. The van der Waals surface area contributed by atoms with Crippen molar-refractivity contribution in [1.29, 1.82) is 0 Å². The molecule has 0 saturated carbocycles. The number of ether oxygens (including phenoxy) is 2. The lowest BCUT2D eigenvalue weighted by Crippen LogP contribution is -2.59. The van der Waals surface area contributed by atoms with Crippen molar-refractivity contribution in [1.82, 2.24) is 4.90 Å². The number of aliphatic hydroxyl groups is 1. The first-order valence-electron chi connectivity index (χ1n) is 13.8. The van der Waals surface area contributed by atoms with E-state index < -0.39 is 53.4 Å². The third-order valence-electron chi connectivity index (χ3n) is 8.47. The second-order valence-corrected chi connectivity index (χ2v) is 12.4. The van der Waals surface area contributed by atoms with Crippen LogP contribution in [0.4, 0.5) is 5.69 Å². The standard InChI is InChI=1S/C31H34BrClN2O6/c1-4-14-34(25-18(3)10-9-13-22(25)33)29(38)27-31-16-21(32)26(41-31)23(30(39)40-5-2)24(31)28(37)35(27)20(17-36)15-19-11-7-6-8-12-19/h4,6-13,20-21,23-24,26-27,36H,1,5,14-17H2,2-3H3/t20-,21?,23+,24-,26+,27+,31-/m1/s1. The van der Waals surface area contributed by atoms with E-state index in [1.165, 1.54) is 9.80 Å². The van der Waals surface area contributed by atoms with Crippen LogP contribution in [0.15, 0.2) is 61.2 Å². The predicted molar refractivity (Wildman–Crippen MR) is 159 cm³/mol. The van der Waals surface area contributed by atoms with Crippen molar-refractivity contribution in [3.63, 3.8) is 0 Å². The van der Waals surface area contributed by atoms with Gasteiger partial charge in [-0.05, 0) is 43.9 Å². The number of aryl methyl sites for hydroxylation is 1. The van der Waals surface area contributed by atoms with Gasteiger partial charge in [-0.1, -0.05) is 76.1 Å². The van der Waals surface area contributed by atoms with Gasteiger partial charge in [-0.3, -0.25) is 14.4 Å². The number of benzene rings is 2. The Balaban J connectivity index is 1.65. The summed E-state index contributed by atoms with van der Waals surface area (Å²) in [6.45, 7) is 7.33. The number of alkyl halides is 1. The number of anilines is 1. The SMILES string of the molecule is C=CCN(C(=O)[C@@H]1N([C@@H](CO)Cc2ccccc2)C(=O)[C@H]2[C@H](C(=O)OCC)[C@H]3O[C@@]12CC3Br)c1c(C)cccc1Cl. The third-order valence-corrected chi connectivity index (χ3v) is 9.62. The summed E-state index contributed by atoms with van der Waals surface area (Å²) in [6, 6.07) is 13.0. The Labute approximate surface area is 253 Å². The average molecular weight is 646 g/mol. The maximum atomic E-state index is 14.8. The fraction of sp³-hybridized carbons (Fsp3) is 0.452. The largest absolute Gasteiger partial charge is 0.466 e. The van der Waals surface area contributed by atoms with Gasteiger partial charge in [0.15, 0.2) is 0 Å². The van der Waals surface area contributed by atoms with E-state index in [0.717, 1.165) is 11.1 Å². The smallest absolute Gasteiger partial charge is 0.312 e. The van der Waals surface area contributed by atoms with Crippen molar-refractivity contribution < 1.29 is 29.0 Å². The van der Waals surface area contributed by atoms with Crippen LogP contribution in [0.3, 0.4) is 0 Å². The lowest BCUT2D eigenvalue weighted by Gasteiger charge is -2.40. The molecule has 2 aromatic carbocycles. The highest BCUT2D eigenvalue weighted by atomic mass is 79.9. The van der Waals surface area contributed by atoms with Crippen LogP contribution in [0.25, 0.3) is 0 Å². The molecule has 7 atom stereocenters. The molecular formula is C31H34BrClN2O6. The number of hydrogen-bond donors (Lipinski definition) is 1. The second kappa shape index (κ2) is 11.9. The summed E-state index contributed by atoms with van der Waals surface area (Å²) in [5.41, 5.74) is 0.888. The van der Waals surface area contributed by atoms with Crippen molar-refractivity contribution in [3.8, 4) is 0 Å². The molecule has 3 fully saturated rings. The molecule has 2 aromatic rings. The Kier molecular flexibility index (Phi) is 8.62. The summed E-state index contributed by atoms with van der Waals surface area (Å²) < 4.78 is 12.0. The predicted octanol–water partition coefficient (Wildman–Crippen LogP) is 4.08. The lowest BCUT2D eigenvalue weighted by atomic mass is 9.70. The van der Waals surface area contributed by atoms with Gasteiger partial charge in [0.1, 0.15) is 11.6 Å². The monoisotopic (exact) mass is 644 g/mol. The molecule has 1 spiro atoms. The lowest BCUT2D eigenvalue weighted by molar-refractivity contribution is -0.155. The Bertz CT molecular complexity index is 1320. The maximum absolute atomic E-state index is 14.8. The van der Waals surface area contributed by atoms with Gasteiger partial charge in [0, 0.05) is 11.4 Å². The molecule has 0 aliphatic carbocycles. The van der Waals surface area contributed by atoms with E-state index in [9.17, 15) is 19.5 Å². The van der Waals surface area contributed by atoms with E-state index in [-0.39, 0.29) is 24.6 Å². The van der Waals surface area contributed by atoms with Gasteiger partial charge >= 0.3 is 5.97 Å². The summed E-state index contributed by atoms with van der Waals surface area (Å²) >= 11 is 10.3. The quantitative estimate of drug-likeness (QED) is 0.238. The van der Waals surface area contributed by atoms with Crippen molar-refractivity contribution in [2.75, 3.05) is 24.7 Å². The number of likely N-dealkylation sites (tertiary alicyclic amines) is 1. The van der Waals surface area contributed by atoms with Gasteiger partial charge in [-0.2, -0.15) is 0 Å². The normalized spacial score (nSPS) is 28.9. The van der Waals surface area contributed by atoms with E-state index in [1.54, 1.807) is 25.1 Å². The Hall–Kier alpha value is -2.72. The first kappa shape index (κ1) is 29.8. The highest BCUT2D eigenvalue weighted by molar-refractivity contribution is 9.09. The van der Waals surface area contributed by atoms with Crippen molar-refractivity contribution >= 4 is 51.0 Å². The van der Waals surface area contributed by atoms with Crippen LogP contribution >= 0.6 is 27.5 Å². The van der Waals surface area contributed by atoms with Gasteiger partial charge in [-0.15, -0.1) is 6.58 Å². The Morgan fingerprint density at radius 1 is 1.29 bits per heavy atom. The molecule has 1 N–H and O–H groups in total. The first-order chi connectivity index (χ1) is 19.7. The topological polar surface area (TPSA) is 96.4 Å². The summed E-state index contributed by atoms with van der Waals surface area (Å²) in [5.74, 6) is -3.15. The van der Waals surface area contributed by atoms with Crippen LogP contribution in [0.2, 0.25) is 5.02 Å². The van der Waals surface area contributed by atoms with E-state index in [2.05, 4.69) is 22.5 Å². The number of carbonyl (C=O) groups is 3. The van der Waals surface area contributed by atoms with Crippen molar-refractivity contribution in [3.05, 3.63) is 77.3 Å². The number of para-hydroxylation sites is 1. The molecule has 1 unspecified atom stereocenters. The van der Waals surface area contributed by atoms with Gasteiger partial charge in [0.2, 0.25) is 5.91 Å².